The number of hydrogen-bond acceptors (Lipinski definition) is 2. The van der Waals surface area contributed by atoms with E-state index in [0.29, 0.717) is 11.5 Å². The molecule has 15 heavy (non-hydrogen) atoms. The molecule has 0 radical (unpaired) electrons. The third kappa shape index (κ3) is 5.53. The highest BCUT2D eigenvalue weighted by Gasteiger charge is 2.29. The van der Waals surface area contributed by atoms with E-state index in [9.17, 15) is 0 Å². The lowest BCUT2D eigenvalue weighted by atomic mass is 9.71. The zero-order chi connectivity index (χ0) is 11.3. The van der Waals surface area contributed by atoms with Gasteiger partial charge >= 0.3 is 0 Å². The highest BCUT2D eigenvalue weighted by Crippen LogP contribution is 2.37. The summed E-state index contributed by atoms with van der Waals surface area (Å²) in [7, 11) is 0. The highest BCUT2D eigenvalue weighted by atomic mass is 16.5. The molecule has 2 unspecified atom stereocenters. The Labute approximate surface area is 94.6 Å². The van der Waals surface area contributed by atoms with Gasteiger partial charge in [-0.2, -0.15) is 0 Å². The smallest absolute Gasteiger partial charge is 0.0466 e. The zero-order valence-corrected chi connectivity index (χ0v) is 10.6. The average Bonchev–Trinajstić information content (AvgIpc) is 2.53. The summed E-state index contributed by atoms with van der Waals surface area (Å²) in [6.07, 6.45) is 6.33. The van der Waals surface area contributed by atoms with E-state index in [1.165, 1.54) is 32.1 Å². The summed E-state index contributed by atoms with van der Waals surface area (Å²) in [4.78, 5) is 0. The molecule has 0 aromatic heterocycles. The molecule has 90 valence electrons. The molecule has 2 nitrogen and oxygen atoms in total. The third-order valence-corrected chi connectivity index (χ3v) is 3.25. The number of rotatable bonds is 0. The fourth-order valence-electron chi connectivity index (χ4n) is 2.93. The molecule has 2 rings (SSSR count). The van der Waals surface area contributed by atoms with Crippen LogP contribution in [0.15, 0.2) is 0 Å². The minimum atomic E-state index is 0.457. The summed E-state index contributed by atoms with van der Waals surface area (Å²) >= 11 is 0. The molecule has 2 aliphatic rings. The van der Waals surface area contributed by atoms with Crippen molar-refractivity contribution in [2.24, 2.45) is 17.1 Å². The minimum Gasteiger partial charge on any atom is -0.381 e. The molecule has 2 fully saturated rings. The second-order valence-electron chi connectivity index (χ2n) is 5.99. The maximum atomic E-state index is 5.90. The van der Waals surface area contributed by atoms with Crippen molar-refractivity contribution in [2.75, 3.05) is 13.2 Å². The molecule has 1 heterocycles. The molecule has 0 spiro atoms. The lowest BCUT2D eigenvalue weighted by Crippen LogP contribution is -2.36. The fraction of sp³-hybridized carbons (Fsp3) is 1.00. The largest absolute Gasteiger partial charge is 0.381 e. The van der Waals surface area contributed by atoms with Gasteiger partial charge in [-0.25, -0.2) is 0 Å². The molecule has 0 aromatic carbocycles. The van der Waals surface area contributed by atoms with Gasteiger partial charge in [0.05, 0.1) is 0 Å². The van der Waals surface area contributed by atoms with E-state index in [4.69, 9.17) is 10.5 Å². The van der Waals surface area contributed by atoms with Crippen LogP contribution in [0, 0.1) is 11.3 Å². The van der Waals surface area contributed by atoms with Gasteiger partial charge < -0.3 is 10.5 Å². The van der Waals surface area contributed by atoms with Gasteiger partial charge in [0.25, 0.3) is 0 Å². The molecule has 0 aromatic rings. The highest BCUT2D eigenvalue weighted by molar-refractivity contribution is 4.84. The van der Waals surface area contributed by atoms with Gasteiger partial charge in [-0.05, 0) is 43.4 Å². The van der Waals surface area contributed by atoms with E-state index < -0.39 is 0 Å². The molecule has 0 bridgehead atoms. The minimum absolute atomic E-state index is 0.457. The molecular formula is C13H27NO. The maximum absolute atomic E-state index is 5.90. The SMILES string of the molecule is C1CCOC1.CC1CC(N)CC(C)(C)C1. The summed E-state index contributed by atoms with van der Waals surface area (Å²) < 4.78 is 4.94. The molecule has 0 amide bonds. The van der Waals surface area contributed by atoms with Crippen molar-refractivity contribution in [3.63, 3.8) is 0 Å². The van der Waals surface area contributed by atoms with E-state index >= 15 is 0 Å². The molecule has 1 aliphatic carbocycles. The van der Waals surface area contributed by atoms with Gasteiger partial charge in [0.1, 0.15) is 0 Å². The predicted octanol–water partition coefficient (Wildman–Crippen LogP) is 2.96. The van der Waals surface area contributed by atoms with Crippen molar-refractivity contribution < 1.29 is 4.74 Å². The average molecular weight is 213 g/mol. The van der Waals surface area contributed by atoms with E-state index in [1.807, 2.05) is 0 Å². The third-order valence-electron chi connectivity index (χ3n) is 3.25. The molecule has 2 heteroatoms. The van der Waals surface area contributed by atoms with Crippen molar-refractivity contribution in [3.8, 4) is 0 Å². The van der Waals surface area contributed by atoms with E-state index in [2.05, 4.69) is 20.8 Å². The topological polar surface area (TPSA) is 35.2 Å². The fourth-order valence-corrected chi connectivity index (χ4v) is 2.93. The lowest BCUT2D eigenvalue weighted by Gasteiger charge is -2.37. The Morgan fingerprint density at radius 2 is 1.73 bits per heavy atom. The van der Waals surface area contributed by atoms with E-state index in [-0.39, 0.29) is 0 Å². The standard InChI is InChI=1S/C9H19N.C4H8O/c1-7-4-8(10)6-9(2,3)5-7;1-2-4-5-3-1/h7-8H,4-6,10H2,1-3H3;1-4H2. The van der Waals surface area contributed by atoms with Gasteiger partial charge in [0.2, 0.25) is 0 Å². The summed E-state index contributed by atoms with van der Waals surface area (Å²) in [5, 5.41) is 0. The lowest BCUT2D eigenvalue weighted by molar-refractivity contribution is 0.170. The van der Waals surface area contributed by atoms with Gasteiger partial charge in [-0.1, -0.05) is 20.8 Å². The van der Waals surface area contributed by atoms with Crippen molar-refractivity contribution in [1.29, 1.82) is 0 Å². The van der Waals surface area contributed by atoms with E-state index in [0.717, 1.165) is 19.1 Å². The molecule has 2 N–H and O–H groups in total. The maximum Gasteiger partial charge on any atom is 0.0466 e. The Hall–Kier alpha value is -0.0800. The first kappa shape index (κ1) is 13.0. The second-order valence-corrected chi connectivity index (χ2v) is 5.99. The van der Waals surface area contributed by atoms with E-state index in [1.54, 1.807) is 0 Å². The summed E-state index contributed by atoms with van der Waals surface area (Å²) in [5.41, 5.74) is 6.40. The monoisotopic (exact) mass is 213 g/mol. The van der Waals surface area contributed by atoms with Gasteiger partial charge in [0, 0.05) is 19.3 Å². The van der Waals surface area contributed by atoms with Crippen LogP contribution in [-0.2, 0) is 4.74 Å². The van der Waals surface area contributed by atoms with Crippen LogP contribution < -0.4 is 5.73 Å². The summed E-state index contributed by atoms with van der Waals surface area (Å²) in [6, 6.07) is 0.457. The van der Waals surface area contributed by atoms with Crippen molar-refractivity contribution in [2.45, 2.75) is 58.9 Å². The molecule has 1 saturated carbocycles. The number of nitrogens with two attached hydrogens (primary N) is 1. The first-order valence-corrected chi connectivity index (χ1v) is 6.33. The van der Waals surface area contributed by atoms with Crippen LogP contribution in [0.1, 0.15) is 52.9 Å². The Kier molecular flexibility index (Phi) is 5.07. The normalized spacial score (nSPS) is 34.4. The summed E-state index contributed by atoms with van der Waals surface area (Å²) in [5.74, 6) is 0.832. The van der Waals surface area contributed by atoms with Crippen LogP contribution in [-0.4, -0.2) is 19.3 Å². The van der Waals surface area contributed by atoms with Crippen LogP contribution in [0.2, 0.25) is 0 Å². The first-order chi connectivity index (χ1) is 6.99. The molecular weight excluding hydrogens is 186 g/mol. The molecule has 1 saturated heterocycles. The van der Waals surface area contributed by atoms with Crippen LogP contribution in [0.5, 0.6) is 0 Å². The van der Waals surface area contributed by atoms with Crippen LogP contribution in [0.3, 0.4) is 0 Å². The quantitative estimate of drug-likeness (QED) is 0.671. The first-order valence-electron chi connectivity index (χ1n) is 6.33. The van der Waals surface area contributed by atoms with Crippen molar-refractivity contribution >= 4 is 0 Å². The predicted molar refractivity (Wildman–Crippen MR) is 64.8 cm³/mol. The number of ether oxygens (including phenoxy) is 1. The van der Waals surface area contributed by atoms with Crippen molar-refractivity contribution in [1.82, 2.24) is 0 Å². The Bertz CT molecular complexity index is 156. The second kappa shape index (κ2) is 5.86. The molecule has 1 aliphatic heterocycles. The Morgan fingerprint density at radius 1 is 1.13 bits per heavy atom. The Morgan fingerprint density at radius 3 is 2.07 bits per heavy atom. The molecule has 2 atom stereocenters. The van der Waals surface area contributed by atoms with Gasteiger partial charge in [-0.3, -0.25) is 0 Å². The Balaban J connectivity index is 0.000000187. The van der Waals surface area contributed by atoms with Crippen LogP contribution in [0.4, 0.5) is 0 Å². The number of hydrogen-bond donors (Lipinski definition) is 1. The van der Waals surface area contributed by atoms with Gasteiger partial charge in [-0.15, -0.1) is 0 Å². The van der Waals surface area contributed by atoms with Gasteiger partial charge in [0.15, 0.2) is 0 Å². The summed E-state index contributed by atoms with van der Waals surface area (Å²) in [6.45, 7) is 8.95. The van der Waals surface area contributed by atoms with Crippen molar-refractivity contribution in [3.05, 3.63) is 0 Å². The van der Waals surface area contributed by atoms with Crippen LogP contribution in [0.25, 0.3) is 0 Å². The van der Waals surface area contributed by atoms with Crippen LogP contribution >= 0.6 is 0 Å². The zero-order valence-electron chi connectivity index (χ0n) is 10.6.